The molecule has 9 heteroatoms. The Hall–Kier alpha value is -3.00. The monoisotopic (exact) mass is 513 g/mol. The highest BCUT2D eigenvalue weighted by molar-refractivity contribution is 7.90. The summed E-state index contributed by atoms with van der Waals surface area (Å²) in [5, 5.41) is 3.37. The average molecular weight is 514 g/mol. The van der Waals surface area contributed by atoms with Crippen molar-refractivity contribution >= 4 is 55.5 Å². The quantitative estimate of drug-likeness (QED) is 0.324. The molecule has 1 amide bonds. The van der Waals surface area contributed by atoms with Crippen LogP contribution in [-0.2, 0) is 9.84 Å². The Balaban J connectivity index is 1.81. The van der Waals surface area contributed by atoms with Crippen LogP contribution in [0.5, 0.6) is 0 Å². The minimum Gasteiger partial charge on any atom is -0.319 e. The highest BCUT2D eigenvalue weighted by atomic mass is 35.5. The summed E-state index contributed by atoms with van der Waals surface area (Å²) in [6, 6.07) is 14.4. The number of amides is 1. The highest BCUT2D eigenvalue weighted by Crippen LogP contribution is 2.35. The van der Waals surface area contributed by atoms with Gasteiger partial charge in [-0.05, 0) is 47.9 Å². The van der Waals surface area contributed by atoms with Crippen LogP contribution in [0.25, 0.3) is 22.0 Å². The fraction of sp³-hybridized carbons (Fsp3) is 0.160. The molecule has 4 rings (SSSR count). The fourth-order valence-corrected chi connectivity index (χ4v) is 5.65. The minimum atomic E-state index is -3.31. The SMILES string of the molecule is CCC(c1cc(-c2cccc(C(=O)Nc3c(Cl)cncc3Cl)c2)c2ncccc2c1)S(C)(=O)=O. The summed E-state index contributed by atoms with van der Waals surface area (Å²) in [6.45, 7) is 1.85. The van der Waals surface area contributed by atoms with Gasteiger partial charge in [0.25, 0.3) is 5.91 Å². The van der Waals surface area contributed by atoms with E-state index in [1.807, 2.05) is 37.3 Å². The van der Waals surface area contributed by atoms with E-state index in [0.717, 1.165) is 16.5 Å². The van der Waals surface area contributed by atoms with Crippen LogP contribution >= 0.6 is 23.2 Å². The van der Waals surface area contributed by atoms with Gasteiger partial charge in [-0.1, -0.05) is 48.3 Å². The summed E-state index contributed by atoms with van der Waals surface area (Å²) in [4.78, 5) is 21.4. The van der Waals surface area contributed by atoms with E-state index >= 15 is 0 Å². The molecule has 1 N–H and O–H groups in total. The van der Waals surface area contributed by atoms with E-state index in [1.165, 1.54) is 18.6 Å². The summed E-state index contributed by atoms with van der Waals surface area (Å²) < 4.78 is 24.8. The molecule has 2 heterocycles. The van der Waals surface area contributed by atoms with Gasteiger partial charge in [0, 0.05) is 41.4 Å². The molecule has 2 aromatic carbocycles. The predicted molar refractivity (Wildman–Crippen MR) is 137 cm³/mol. The van der Waals surface area contributed by atoms with Gasteiger partial charge >= 0.3 is 0 Å². The summed E-state index contributed by atoms with van der Waals surface area (Å²) in [6.07, 6.45) is 6.17. The molecule has 0 aliphatic heterocycles. The molecule has 34 heavy (non-hydrogen) atoms. The third kappa shape index (κ3) is 4.92. The first-order valence-corrected chi connectivity index (χ1v) is 13.2. The van der Waals surface area contributed by atoms with Crippen molar-refractivity contribution in [1.82, 2.24) is 9.97 Å². The first-order valence-electron chi connectivity index (χ1n) is 10.5. The molecule has 1 unspecified atom stereocenters. The van der Waals surface area contributed by atoms with E-state index in [4.69, 9.17) is 23.2 Å². The third-order valence-corrected chi connectivity index (χ3v) is 7.73. The van der Waals surface area contributed by atoms with Crippen molar-refractivity contribution in [3.8, 4) is 11.1 Å². The maximum absolute atomic E-state index is 13.0. The average Bonchev–Trinajstić information content (AvgIpc) is 2.80. The van der Waals surface area contributed by atoms with Crippen molar-refractivity contribution in [3.63, 3.8) is 0 Å². The number of hydrogen-bond donors (Lipinski definition) is 1. The molecule has 2 aromatic heterocycles. The number of pyridine rings is 2. The number of anilines is 1. The lowest BCUT2D eigenvalue weighted by atomic mass is 9.95. The van der Waals surface area contributed by atoms with Crippen molar-refractivity contribution in [2.75, 3.05) is 11.6 Å². The topological polar surface area (TPSA) is 89.0 Å². The van der Waals surface area contributed by atoms with Crippen molar-refractivity contribution in [2.24, 2.45) is 0 Å². The molecular formula is C25H21Cl2N3O3S. The summed E-state index contributed by atoms with van der Waals surface area (Å²) in [5.41, 5.74) is 3.53. The molecule has 0 fully saturated rings. The second kappa shape index (κ2) is 9.70. The van der Waals surface area contributed by atoms with Gasteiger partial charge < -0.3 is 5.32 Å². The van der Waals surface area contributed by atoms with Crippen LogP contribution in [0.4, 0.5) is 5.69 Å². The second-order valence-electron chi connectivity index (χ2n) is 7.88. The van der Waals surface area contributed by atoms with Crippen LogP contribution in [0.3, 0.4) is 0 Å². The standard InChI is InChI=1S/C25H21Cl2N3O3S/c1-3-22(34(2,32)33)18-11-16-8-5-9-29-23(16)19(12-18)15-6-4-7-17(10-15)25(31)30-24-20(26)13-28-14-21(24)27/h4-14,22H,3H2,1-2H3,(H,28,30,31). The lowest BCUT2D eigenvalue weighted by Crippen LogP contribution is -2.13. The zero-order valence-corrected chi connectivity index (χ0v) is 20.7. The van der Waals surface area contributed by atoms with E-state index in [2.05, 4.69) is 15.3 Å². The Morgan fingerprint density at radius 1 is 1.06 bits per heavy atom. The van der Waals surface area contributed by atoms with Gasteiger partial charge in [-0.25, -0.2) is 8.42 Å². The van der Waals surface area contributed by atoms with Crippen molar-refractivity contribution in [1.29, 1.82) is 0 Å². The predicted octanol–water partition coefficient (Wildman–Crippen LogP) is 6.35. The van der Waals surface area contributed by atoms with E-state index in [9.17, 15) is 13.2 Å². The molecule has 0 bridgehead atoms. The van der Waals surface area contributed by atoms with E-state index in [-0.39, 0.29) is 15.7 Å². The number of hydrogen-bond acceptors (Lipinski definition) is 5. The largest absolute Gasteiger partial charge is 0.319 e. The molecule has 0 saturated carbocycles. The zero-order chi connectivity index (χ0) is 24.5. The first kappa shape index (κ1) is 24.1. The number of halogens is 2. The van der Waals surface area contributed by atoms with Crippen LogP contribution in [0.15, 0.2) is 67.1 Å². The van der Waals surface area contributed by atoms with Crippen LogP contribution in [0, 0.1) is 0 Å². The van der Waals surface area contributed by atoms with Gasteiger partial charge in [0.2, 0.25) is 0 Å². The van der Waals surface area contributed by atoms with E-state index < -0.39 is 21.0 Å². The Labute approximate surface area is 207 Å². The summed E-state index contributed by atoms with van der Waals surface area (Å²) in [7, 11) is -3.31. The van der Waals surface area contributed by atoms with E-state index in [0.29, 0.717) is 23.1 Å². The number of sulfone groups is 1. The van der Waals surface area contributed by atoms with Gasteiger partial charge in [-0.15, -0.1) is 0 Å². The molecule has 4 aromatic rings. The van der Waals surface area contributed by atoms with Crippen LogP contribution in [0.2, 0.25) is 10.0 Å². The van der Waals surface area contributed by atoms with Gasteiger partial charge in [0.1, 0.15) is 0 Å². The third-order valence-electron chi connectivity index (χ3n) is 5.51. The highest BCUT2D eigenvalue weighted by Gasteiger charge is 2.23. The van der Waals surface area contributed by atoms with E-state index in [1.54, 1.807) is 24.4 Å². The van der Waals surface area contributed by atoms with Crippen LogP contribution in [0.1, 0.15) is 34.5 Å². The number of nitrogens with one attached hydrogen (secondary N) is 1. The van der Waals surface area contributed by atoms with Crippen molar-refractivity contribution in [2.45, 2.75) is 18.6 Å². The number of nitrogens with zero attached hydrogens (tertiary/aromatic N) is 2. The maximum Gasteiger partial charge on any atom is 0.255 e. The molecule has 174 valence electrons. The smallest absolute Gasteiger partial charge is 0.255 e. The van der Waals surface area contributed by atoms with Crippen LogP contribution in [-0.4, -0.2) is 30.5 Å². The fourth-order valence-electron chi connectivity index (χ4n) is 3.95. The molecule has 0 aliphatic rings. The molecular weight excluding hydrogens is 493 g/mol. The number of carbonyl (C=O) groups is 1. The summed E-state index contributed by atoms with van der Waals surface area (Å²) >= 11 is 12.3. The molecule has 0 radical (unpaired) electrons. The molecule has 0 saturated heterocycles. The normalized spacial score (nSPS) is 12.5. The Kier molecular flexibility index (Phi) is 6.89. The molecule has 0 spiro atoms. The minimum absolute atomic E-state index is 0.228. The van der Waals surface area contributed by atoms with Crippen molar-refractivity contribution in [3.05, 3.63) is 88.3 Å². The Morgan fingerprint density at radius 2 is 1.79 bits per heavy atom. The first-order chi connectivity index (χ1) is 16.2. The van der Waals surface area contributed by atoms with Crippen LogP contribution < -0.4 is 5.32 Å². The molecule has 1 atom stereocenters. The Bertz CT molecular complexity index is 1490. The molecule has 0 aliphatic carbocycles. The number of aromatic nitrogens is 2. The van der Waals surface area contributed by atoms with Crippen molar-refractivity contribution < 1.29 is 13.2 Å². The lowest BCUT2D eigenvalue weighted by Gasteiger charge is -2.17. The van der Waals surface area contributed by atoms with Gasteiger partial charge in [0.05, 0.1) is 26.5 Å². The lowest BCUT2D eigenvalue weighted by molar-refractivity contribution is 0.102. The Morgan fingerprint density at radius 3 is 2.47 bits per heavy atom. The molecule has 6 nitrogen and oxygen atoms in total. The number of rotatable bonds is 6. The van der Waals surface area contributed by atoms with Gasteiger partial charge in [0.15, 0.2) is 9.84 Å². The second-order valence-corrected chi connectivity index (χ2v) is 10.9. The number of carbonyl (C=O) groups excluding carboxylic acids is 1. The zero-order valence-electron chi connectivity index (χ0n) is 18.4. The number of benzene rings is 2. The van der Waals surface area contributed by atoms with Gasteiger partial charge in [-0.3, -0.25) is 14.8 Å². The maximum atomic E-state index is 13.0. The summed E-state index contributed by atoms with van der Waals surface area (Å²) in [5.74, 6) is -0.396. The van der Waals surface area contributed by atoms with Gasteiger partial charge in [-0.2, -0.15) is 0 Å². The number of fused-ring (bicyclic) bond motifs is 1.